The molecule has 0 bridgehead atoms. The Balaban J connectivity index is 1.35. The Morgan fingerprint density at radius 1 is 0.950 bits per heavy atom. The first-order valence-corrected chi connectivity index (χ1v) is 12.3. The molecule has 0 radical (unpaired) electrons. The van der Waals surface area contributed by atoms with Crippen LogP contribution in [0.15, 0.2) is 22.2 Å². The third-order valence-electron chi connectivity index (χ3n) is 5.62. The number of fused-ring (bicyclic) bond motifs is 2. The van der Waals surface area contributed by atoms with Gasteiger partial charge in [0.25, 0.3) is 11.1 Å². The number of aliphatic hydroxyl groups is 1. The number of ether oxygens (including phenoxy) is 3. The first-order valence-electron chi connectivity index (χ1n) is 12.3. The van der Waals surface area contributed by atoms with Gasteiger partial charge in [-0.15, -0.1) is 0 Å². The van der Waals surface area contributed by atoms with Crippen LogP contribution in [0.3, 0.4) is 0 Å². The zero-order valence-electron chi connectivity index (χ0n) is 21.9. The highest BCUT2D eigenvalue weighted by molar-refractivity contribution is 5.75. The number of aromatic amines is 2. The number of anilines is 2. The zero-order valence-corrected chi connectivity index (χ0v) is 21.9. The Morgan fingerprint density at radius 2 is 1.48 bits per heavy atom. The van der Waals surface area contributed by atoms with Crippen molar-refractivity contribution in [2.45, 2.75) is 33.4 Å². The van der Waals surface area contributed by atoms with E-state index >= 15 is 0 Å². The minimum Gasteiger partial charge on any atom is -0.462 e. The van der Waals surface area contributed by atoms with E-state index < -0.39 is 23.1 Å². The van der Waals surface area contributed by atoms with Crippen molar-refractivity contribution in [3.63, 3.8) is 0 Å². The molecule has 0 aliphatic heterocycles. The number of carbonyl (C=O) groups is 1. The van der Waals surface area contributed by atoms with E-state index in [-0.39, 0.29) is 81.1 Å². The van der Waals surface area contributed by atoms with Crippen LogP contribution in [-0.2, 0) is 32.5 Å². The van der Waals surface area contributed by atoms with E-state index in [0.29, 0.717) is 5.65 Å². The molecule has 4 heterocycles. The lowest BCUT2D eigenvalue weighted by molar-refractivity contribution is -0.148. The molecule has 7 N–H and O–H groups in total. The van der Waals surface area contributed by atoms with Gasteiger partial charge in [0, 0.05) is 0 Å². The van der Waals surface area contributed by atoms with Gasteiger partial charge < -0.3 is 35.7 Å². The van der Waals surface area contributed by atoms with Gasteiger partial charge in [0.15, 0.2) is 22.3 Å². The van der Waals surface area contributed by atoms with E-state index in [2.05, 4.69) is 40.5 Å². The predicted octanol–water partition coefficient (Wildman–Crippen LogP) is -1.50. The molecule has 0 aliphatic carbocycles. The first kappa shape index (κ1) is 28.6. The molecule has 4 rings (SSSR count). The molecule has 0 saturated carbocycles. The van der Waals surface area contributed by atoms with Crippen molar-refractivity contribution in [2.24, 2.45) is 11.7 Å². The standard InChI is InChI=1S/C22H31N11O7/c1-12(2)13(23)20(37)40-6-5-39-11-33-9-27-15-17(33)29-22(31-19(15)36)25-7-24-21-28-16-14(18(35)30-21)26-8-32(16)10-38-4-3-34/h8-9,12-13,34H,3-7,10-11,23H2,1-2H3,(H2,24,28,30,35)(H2,25,29,31,36)/t13-/m1/s1. The number of hydrogen-bond acceptors (Lipinski definition) is 14. The number of imidazole rings is 2. The SMILES string of the molecule is CC(C)[C@@H](N)C(=O)OCCOCn1cnc2c(=O)[nH]c(NCNc3nc4c(ncn4COCCO)c(=O)[nH]3)nc21. The minimum atomic E-state index is -0.701. The molecule has 1 atom stereocenters. The van der Waals surface area contributed by atoms with Crippen molar-refractivity contribution in [1.82, 2.24) is 39.0 Å². The number of nitrogens with two attached hydrogens (primary N) is 1. The van der Waals surface area contributed by atoms with Gasteiger partial charge in [0.1, 0.15) is 26.1 Å². The number of rotatable bonds is 15. The minimum absolute atomic E-state index is 0.0132. The van der Waals surface area contributed by atoms with Gasteiger partial charge in [-0.2, -0.15) is 9.97 Å². The summed E-state index contributed by atoms with van der Waals surface area (Å²) < 4.78 is 18.9. The van der Waals surface area contributed by atoms with Gasteiger partial charge in [0.2, 0.25) is 11.9 Å². The average Bonchev–Trinajstić information content (AvgIpc) is 3.53. The van der Waals surface area contributed by atoms with Gasteiger partial charge in [0.05, 0.1) is 39.1 Å². The molecule has 18 nitrogen and oxygen atoms in total. The van der Waals surface area contributed by atoms with Gasteiger partial charge in [-0.25, -0.2) is 9.97 Å². The van der Waals surface area contributed by atoms with Crippen LogP contribution in [0.1, 0.15) is 13.8 Å². The Morgan fingerprint density at radius 3 is 1.98 bits per heavy atom. The third-order valence-corrected chi connectivity index (χ3v) is 5.62. The van der Waals surface area contributed by atoms with Gasteiger partial charge in [-0.05, 0) is 5.92 Å². The summed E-state index contributed by atoms with van der Waals surface area (Å²) in [6, 6.07) is -0.701. The lowest BCUT2D eigenvalue weighted by Crippen LogP contribution is -2.37. The van der Waals surface area contributed by atoms with E-state index in [1.807, 2.05) is 13.8 Å². The third kappa shape index (κ3) is 6.78. The molecule has 0 amide bonds. The highest BCUT2D eigenvalue weighted by Gasteiger charge is 2.18. The Hall–Kier alpha value is -4.39. The lowest BCUT2D eigenvalue weighted by atomic mass is 10.1. The summed E-state index contributed by atoms with van der Waals surface area (Å²) in [7, 11) is 0. The maximum Gasteiger partial charge on any atom is 0.323 e. The van der Waals surface area contributed by atoms with Crippen molar-refractivity contribution in [2.75, 3.05) is 43.7 Å². The van der Waals surface area contributed by atoms with Crippen LogP contribution in [0.5, 0.6) is 0 Å². The number of H-pyrrole nitrogens is 2. The smallest absolute Gasteiger partial charge is 0.323 e. The molecule has 40 heavy (non-hydrogen) atoms. The second-order valence-electron chi connectivity index (χ2n) is 8.87. The lowest BCUT2D eigenvalue weighted by Gasteiger charge is -2.14. The van der Waals surface area contributed by atoms with Crippen LogP contribution in [0.2, 0.25) is 0 Å². The highest BCUT2D eigenvalue weighted by atomic mass is 16.6. The quantitative estimate of drug-likeness (QED) is 0.0550. The molecule has 0 aliphatic rings. The van der Waals surface area contributed by atoms with Crippen LogP contribution < -0.4 is 27.5 Å². The Kier molecular flexibility index (Phi) is 9.38. The molecule has 18 heteroatoms. The van der Waals surface area contributed by atoms with Crippen molar-refractivity contribution >= 4 is 40.2 Å². The monoisotopic (exact) mass is 561 g/mol. The largest absolute Gasteiger partial charge is 0.462 e. The normalized spacial score (nSPS) is 12.3. The summed E-state index contributed by atoms with van der Waals surface area (Å²) in [5.41, 5.74) is 5.63. The van der Waals surface area contributed by atoms with E-state index in [1.54, 1.807) is 0 Å². The molecular formula is C22H31N11O7. The number of aliphatic hydroxyl groups excluding tert-OH is 1. The predicted molar refractivity (Wildman–Crippen MR) is 141 cm³/mol. The molecule has 0 fully saturated rings. The second-order valence-corrected chi connectivity index (χ2v) is 8.87. The average molecular weight is 562 g/mol. The highest BCUT2D eigenvalue weighted by Crippen LogP contribution is 2.10. The van der Waals surface area contributed by atoms with E-state index in [0.717, 1.165) is 0 Å². The number of nitrogens with zero attached hydrogens (tertiary/aromatic N) is 6. The van der Waals surface area contributed by atoms with Crippen LogP contribution in [-0.4, -0.2) is 89.3 Å². The van der Waals surface area contributed by atoms with Crippen molar-refractivity contribution in [3.05, 3.63) is 33.4 Å². The number of esters is 1. The maximum absolute atomic E-state index is 12.5. The summed E-state index contributed by atoms with van der Waals surface area (Å²) in [5, 5.41) is 14.7. The van der Waals surface area contributed by atoms with Crippen LogP contribution in [0.4, 0.5) is 11.9 Å². The van der Waals surface area contributed by atoms with E-state index in [4.69, 9.17) is 25.1 Å². The second kappa shape index (κ2) is 13.1. The van der Waals surface area contributed by atoms with Crippen molar-refractivity contribution in [1.29, 1.82) is 0 Å². The molecule has 0 saturated heterocycles. The van der Waals surface area contributed by atoms with Crippen LogP contribution in [0, 0.1) is 5.92 Å². The van der Waals surface area contributed by atoms with Crippen molar-refractivity contribution in [3.8, 4) is 0 Å². The summed E-state index contributed by atoms with van der Waals surface area (Å²) in [5.74, 6) is -0.260. The molecule has 216 valence electrons. The fraction of sp³-hybridized carbons (Fsp3) is 0.500. The summed E-state index contributed by atoms with van der Waals surface area (Å²) in [4.78, 5) is 58.7. The Labute approximate surface area is 225 Å². The number of nitrogens with one attached hydrogen (secondary N) is 4. The maximum atomic E-state index is 12.5. The Bertz CT molecular complexity index is 1560. The fourth-order valence-electron chi connectivity index (χ4n) is 3.44. The van der Waals surface area contributed by atoms with Crippen molar-refractivity contribution < 1.29 is 24.1 Å². The number of hydrogen-bond donors (Lipinski definition) is 6. The summed E-state index contributed by atoms with van der Waals surface area (Å²) >= 11 is 0. The van der Waals surface area contributed by atoms with Gasteiger partial charge in [-0.1, -0.05) is 13.8 Å². The molecule has 0 unspecified atom stereocenters. The molecule has 0 aromatic carbocycles. The van der Waals surface area contributed by atoms with Gasteiger partial charge in [-0.3, -0.25) is 33.5 Å². The summed E-state index contributed by atoms with van der Waals surface area (Å²) in [6.07, 6.45) is 2.82. The number of aromatic nitrogens is 8. The number of carbonyl (C=O) groups excluding carboxylic acids is 1. The van der Waals surface area contributed by atoms with E-state index in [9.17, 15) is 14.4 Å². The first-order chi connectivity index (χ1) is 19.3. The molecule has 0 spiro atoms. The molecule has 4 aromatic rings. The van der Waals surface area contributed by atoms with Crippen LogP contribution >= 0.6 is 0 Å². The zero-order chi connectivity index (χ0) is 28.6. The fourth-order valence-corrected chi connectivity index (χ4v) is 3.44. The van der Waals surface area contributed by atoms with Crippen LogP contribution in [0.25, 0.3) is 22.3 Å². The summed E-state index contributed by atoms with van der Waals surface area (Å²) in [6.45, 7) is 3.88. The topological polar surface area (TPSA) is 242 Å². The van der Waals surface area contributed by atoms with Gasteiger partial charge >= 0.3 is 5.97 Å². The van der Waals surface area contributed by atoms with E-state index in [1.165, 1.54) is 21.8 Å². The molecular weight excluding hydrogens is 530 g/mol. The molecule has 4 aromatic heterocycles.